The molecule has 0 fully saturated rings. The molecule has 0 amide bonds. The van der Waals surface area contributed by atoms with E-state index in [2.05, 4.69) is 5.32 Å². The fraction of sp³-hybridized carbons (Fsp3) is 0.818. The molecule has 0 aromatic heterocycles. The second-order valence-corrected chi connectivity index (χ2v) is 5.87. The third-order valence-corrected chi connectivity index (χ3v) is 3.78. The van der Waals surface area contributed by atoms with Gasteiger partial charge < -0.3 is 19.5 Å². The summed E-state index contributed by atoms with van der Waals surface area (Å²) in [5.74, 6) is 0.146. The van der Waals surface area contributed by atoms with Crippen LogP contribution in [-0.2, 0) is 24.0 Å². The van der Waals surface area contributed by atoms with Crippen LogP contribution in [0.25, 0.3) is 0 Å². The first kappa shape index (κ1) is 15.6. The summed E-state index contributed by atoms with van der Waals surface area (Å²) in [5, 5.41) is 4.36. The largest absolute Gasteiger partial charge is 0.382 e. The van der Waals surface area contributed by atoms with Crippen molar-refractivity contribution >= 4 is 9.84 Å². The lowest BCUT2D eigenvalue weighted by molar-refractivity contribution is 0.0254. The quantitative estimate of drug-likeness (QED) is 0.547. The smallest absolute Gasteiger partial charge is 0.173 e. The Hall–Kier alpha value is -0.470. The Morgan fingerprint density at radius 2 is 1.83 bits per heavy atom. The third kappa shape index (κ3) is 7.07. The number of rotatable bonds is 10. The van der Waals surface area contributed by atoms with Gasteiger partial charge in [0.25, 0.3) is 0 Å². The second kappa shape index (κ2) is 8.60. The van der Waals surface area contributed by atoms with Crippen LogP contribution >= 0.6 is 0 Å². The molecule has 1 heterocycles. The topological polar surface area (TPSA) is 73.9 Å². The lowest BCUT2D eigenvalue weighted by atomic mass is 10.3. The number of ether oxygens (including phenoxy) is 3. The summed E-state index contributed by atoms with van der Waals surface area (Å²) in [7, 11) is -1.34. The molecular weight excluding hydrogens is 258 g/mol. The van der Waals surface area contributed by atoms with Gasteiger partial charge in [0.1, 0.15) is 0 Å². The van der Waals surface area contributed by atoms with E-state index in [0.29, 0.717) is 39.6 Å². The molecule has 0 saturated carbocycles. The summed E-state index contributed by atoms with van der Waals surface area (Å²) >= 11 is 0. The molecule has 1 unspecified atom stereocenters. The molecule has 0 radical (unpaired) electrons. The zero-order chi connectivity index (χ0) is 13.3. The minimum Gasteiger partial charge on any atom is -0.382 e. The molecule has 1 N–H and O–H groups in total. The highest BCUT2D eigenvalue weighted by Crippen LogP contribution is 2.07. The van der Waals surface area contributed by atoms with Crippen LogP contribution in [0.1, 0.15) is 0 Å². The van der Waals surface area contributed by atoms with Gasteiger partial charge in [0.2, 0.25) is 0 Å². The molecule has 0 aromatic carbocycles. The Balaban J connectivity index is 1.86. The Bertz CT molecular complexity index is 341. The number of hydrogen-bond donors (Lipinski definition) is 1. The van der Waals surface area contributed by atoms with Crippen molar-refractivity contribution in [2.75, 3.05) is 52.4 Å². The fourth-order valence-corrected chi connectivity index (χ4v) is 2.75. The molecule has 0 spiro atoms. The van der Waals surface area contributed by atoms with Gasteiger partial charge in [0, 0.05) is 25.1 Å². The number of hydrogen-bond acceptors (Lipinski definition) is 6. The van der Waals surface area contributed by atoms with Gasteiger partial charge in [-0.25, -0.2) is 8.42 Å². The number of nitrogens with one attached hydrogen (secondary N) is 1. The summed E-state index contributed by atoms with van der Waals surface area (Å²) < 4.78 is 37.6. The minimum atomic E-state index is -2.97. The van der Waals surface area contributed by atoms with Gasteiger partial charge in [-0.1, -0.05) is 6.08 Å². The zero-order valence-electron chi connectivity index (χ0n) is 10.6. The van der Waals surface area contributed by atoms with Crippen molar-refractivity contribution in [2.24, 2.45) is 0 Å². The standard InChI is InChI=1S/C11H21NO5S/c1-15-5-6-17-8-7-16-4-3-12-11-2-9-18(13,14)10-11/h2,9,11-12H,3-8,10H2,1H3. The van der Waals surface area contributed by atoms with Crippen LogP contribution in [0.2, 0.25) is 0 Å². The predicted molar refractivity (Wildman–Crippen MR) is 68.2 cm³/mol. The maximum absolute atomic E-state index is 11.1. The normalized spacial score (nSPS) is 21.5. The molecule has 18 heavy (non-hydrogen) atoms. The van der Waals surface area contributed by atoms with E-state index in [1.807, 2.05) is 0 Å². The molecule has 7 heteroatoms. The van der Waals surface area contributed by atoms with E-state index in [1.54, 1.807) is 13.2 Å². The maximum atomic E-state index is 11.1. The molecule has 0 saturated heterocycles. The Morgan fingerprint density at radius 1 is 1.17 bits per heavy atom. The first-order valence-electron chi connectivity index (χ1n) is 5.93. The molecule has 1 aliphatic heterocycles. The van der Waals surface area contributed by atoms with Crippen LogP contribution in [0.15, 0.2) is 11.5 Å². The van der Waals surface area contributed by atoms with Crippen molar-refractivity contribution in [3.8, 4) is 0 Å². The molecule has 1 atom stereocenters. The highest BCUT2D eigenvalue weighted by Gasteiger charge is 2.20. The van der Waals surface area contributed by atoms with Crippen LogP contribution in [0, 0.1) is 0 Å². The van der Waals surface area contributed by atoms with Crippen molar-refractivity contribution < 1.29 is 22.6 Å². The first-order valence-corrected chi connectivity index (χ1v) is 7.64. The SMILES string of the molecule is COCCOCCOCCNC1C=CS(=O)(=O)C1. The van der Waals surface area contributed by atoms with Crippen LogP contribution < -0.4 is 5.32 Å². The van der Waals surface area contributed by atoms with E-state index in [9.17, 15) is 8.42 Å². The van der Waals surface area contributed by atoms with Crippen molar-refractivity contribution in [3.63, 3.8) is 0 Å². The minimum absolute atomic E-state index is 0.0865. The van der Waals surface area contributed by atoms with E-state index < -0.39 is 9.84 Å². The summed E-state index contributed by atoms with van der Waals surface area (Å²) in [4.78, 5) is 0. The van der Waals surface area contributed by atoms with Gasteiger partial charge in [-0.05, 0) is 0 Å². The molecule has 106 valence electrons. The predicted octanol–water partition coefficient (Wildman–Crippen LogP) is -0.434. The van der Waals surface area contributed by atoms with Crippen LogP contribution in [-0.4, -0.2) is 66.9 Å². The van der Waals surface area contributed by atoms with E-state index in [0.717, 1.165) is 0 Å². The summed E-state index contributed by atoms with van der Waals surface area (Å²) in [5.41, 5.74) is 0. The van der Waals surface area contributed by atoms with Crippen molar-refractivity contribution in [1.29, 1.82) is 0 Å². The highest BCUT2D eigenvalue weighted by molar-refractivity contribution is 7.94. The lowest BCUT2D eigenvalue weighted by Gasteiger charge is -2.10. The summed E-state index contributed by atoms with van der Waals surface area (Å²) in [6, 6.07) is -0.0865. The zero-order valence-corrected chi connectivity index (χ0v) is 11.4. The molecule has 0 bridgehead atoms. The van der Waals surface area contributed by atoms with Crippen LogP contribution in [0.4, 0.5) is 0 Å². The van der Waals surface area contributed by atoms with E-state index in [4.69, 9.17) is 14.2 Å². The van der Waals surface area contributed by atoms with Gasteiger partial charge in [-0.15, -0.1) is 0 Å². The van der Waals surface area contributed by atoms with Gasteiger partial charge in [-0.2, -0.15) is 0 Å². The Morgan fingerprint density at radius 3 is 2.44 bits per heavy atom. The molecule has 0 aromatic rings. The monoisotopic (exact) mass is 279 g/mol. The van der Waals surface area contributed by atoms with Gasteiger partial charge in [0.15, 0.2) is 9.84 Å². The molecule has 0 aliphatic carbocycles. The average molecular weight is 279 g/mol. The summed E-state index contributed by atoms with van der Waals surface area (Å²) in [6.45, 7) is 3.40. The Labute approximate surface area is 108 Å². The van der Waals surface area contributed by atoms with E-state index in [-0.39, 0.29) is 11.8 Å². The van der Waals surface area contributed by atoms with Gasteiger partial charge in [0.05, 0.1) is 38.8 Å². The second-order valence-electron chi connectivity index (χ2n) is 3.94. The Kier molecular flexibility index (Phi) is 7.45. The molecular formula is C11H21NO5S. The molecule has 6 nitrogen and oxygen atoms in total. The van der Waals surface area contributed by atoms with Crippen molar-refractivity contribution in [3.05, 3.63) is 11.5 Å². The van der Waals surface area contributed by atoms with E-state index in [1.165, 1.54) is 5.41 Å². The van der Waals surface area contributed by atoms with Gasteiger partial charge in [-0.3, -0.25) is 0 Å². The number of methoxy groups -OCH3 is 1. The van der Waals surface area contributed by atoms with Crippen molar-refractivity contribution in [2.45, 2.75) is 6.04 Å². The molecule has 1 aliphatic rings. The highest BCUT2D eigenvalue weighted by atomic mass is 32.2. The van der Waals surface area contributed by atoms with E-state index >= 15 is 0 Å². The molecule has 1 rings (SSSR count). The lowest BCUT2D eigenvalue weighted by Crippen LogP contribution is -2.32. The van der Waals surface area contributed by atoms with Crippen LogP contribution in [0.3, 0.4) is 0 Å². The first-order chi connectivity index (χ1) is 8.64. The van der Waals surface area contributed by atoms with Crippen molar-refractivity contribution in [1.82, 2.24) is 5.32 Å². The summed E-state index contributed by atoms with van der Waals surface area (Å²) in [6.07, 6.45) is 1.67. The third-order valence-electron chi connectivity index (χ3n) is 2.39. The van der Waals surface area contributed by atoms with Crippen LogP contribution in [0.5, 0.6) is 0 Å². The number of sulfone groups is 1. The fourth-order valence-electron chi connectivity index (χ4n) is 1.48. The van der Waals surface area contributed by atoms with Gasteiger partial charge >= 0.3 is 0 Å². The average Bonchev–Trinajstić information content (AvgIpc) is 2.67. The maximum Gasteiger partial charge on any atom is 0.173 e.